The summed E-state index contributed by atoms with van der Waals surface area (Å²) in [4.78, 5) is 28.6. The molecule has 3 aromatic rings. The van der Waals surface area contributed by atoms with Crippen LogP contribution < -0.4 is 5.56 Å². The molecule has 1 N–H and O–H groups in total. The van der Waals surface area contributed by atoms with Gasteiger partial charge in [0.1, 0.15) is 6.20 Å². The van der Waals surface area contributed by atoms with Crippen LogP contribution in [0.5, 0.6) is 0 Å². The van der Waals surface area contributed by atoms with Crippen LogP contribution in [0.15, 0.2) is 35.3 Å². The minimum Gasteiger partial charge on any atom is -0.323 e. The van der Waals surface area contributed by atoms with Crippen molar-refractivity contribution >= 4 is 22.5 Å². The van der Waals surface area contributed by atoms with E-state index in [0.29, 0.717) is 16.8 Å². The molecule has 7 heteroatoms. The van der Waals surface area contributed by atoms with Gasteiger partial charge in [-0.05, 0) is 12.1 Å². The Morgan fingerprint density at radius 3 is 2.88 bits per heavy atom. The van der Waals surface area contributed by atoms with Crippen LogP contribution in [-0.4, -0.2) is 19.3 Å². The molecule has 2 aromatic heterocycles. The topological polar surface area (TPSA) is 93.3 Å². The molecule has 84 valence electrons. The van der Waals surface area contributed by atoms with Gasteiger partial charge in [-0.25, -0.2) is 9.38 Å². The van der Waals surface area contributed by atoms with Crippen molar-refractivity contribution in [2.45, 2.75) is 0 Å². The molecule has 0 fully saturated rings. The Kier molecular flexibility index (Phi) is 1.76. The second kappa shape index (κ2) is 3.14. The summed E-state index contributed by atoms with van der Waals surface area (Å²) in [6.07, 6.45) is 0.965. The second-order valence-corrected chi connectivity index (χ2v) is 3.51. The largest absolute Gasteiger partial charge is 0.352 e. The molecule has 2 heterocycles. The van der Waals surface area contributed by atoms with Crippen molar-refractivity contribution in [1.82, 2.24) is 14.4 Å². The minimum absolute atomic E-state index is 0.293. The van der Waals surface area contributed by atoms with Crippen LogP contribution in [0.1, 0.15) is 0 Å². The molecule has 0 spiro atoms. The van der Waals surface area contributed by atoms with Gasteiger partial charge in [-0.2, -0.15) is 0 Å². The highest BCUT2D eigenvalue weighted by Gasteiger charge is 2.17. The van der Waals surface area contributed by atoms with Crippen molar-refractivity contribution in [3.05, 3.63) is 50.9 Å². The number of nitrogens with one attached hydrogen (secondary N) is 1. The highest BCUT2D eigenvalue weighted by molar-refractivity contribution is 5.79. The summed E-state index contributed by atoms with van der Waals surface area (Å²) in [5, 5.41) is 10.7. The van der Waals surface area contributed by atoms with Crippen LogP contribution >= 0.6 is 0 Å². The Morgan fingerprint density at radius 1 is 1.35 bits per heavy atom. The summed E-state index contributed by atoms with van der Waals surface area (Å²) in [6.45, 7) is 0. The Bertz CT molecular complexity index is 802. The van der Waals surface area contributed by atoms with Crippen molar-refractivity contribution < 1.29 is 4.92 Å². The Labute approximate surface area is 93.5 Å². The SMILES string of the molecule is O=c1c([N+](=O)[O-])cnc2[nH]c3ccccc3n12. The first-order valence-corrected chi connectivity index (χ1v) is 4.81. The summed E-state index contributed by atoms with van der Waals surface area (Å²) < 4.78 is 1.20. The fourth-order valence-electron chi connectivity index (χ4n) is 1.78. The first-order valence-electron chi connectivity index (χ1n) is 4.81. The number of fused-ring (bicyclic) bond motifs is 3. The number of aromatic nitrogens is 3. The van der Waals surface area contributed by atoms with E-state index in [-0.39, 0.29) is 0 Å². The third kappa shape index (κ3) is 1.22. The van der Waals surface area contributed by atoms with Gasteiger partial charge >= 0.3 is 11.2 Å². The van der Waals surface area contributed by atoms with E-state index in [0.717, 1.165) is 6.20 Å². The smallest absolute Gasteiger partial charge is 0.323 e. The Hall–Kier alpha value is -2.70. The van der Waals surface area contributed by atoms with Gasteiger partial charge in [0.05, 0.1) is 16.0 Å². The van der Waals surface area contributed by atoms with Gasteiger partial charge in [0.15, 0.2) is 0 Å². The maximum Gasteiger partial charge on any atom is 0.352 e. The zero-order valence-electron chi connectivity index (χ0n) is 8.45. The monoisotopic (exact) mass is 230 g/mol. The van der Waals surface area contributed by atoms with Crippen LogP contribution in [0.3, 0.4) is 0 Å². The average molecular weight is 230 g/mol. The summed E-state index contributed by atoms with van der Waals surface area (Å²) in [5.41, 5.74) is 0.0611. The van der Waals surface area contributed by atoms with Gasteiger partial charge in [0, 0.05) is 0 Å². The molecule has 0 bridgehead atoms. The lowest BCUT2D eigenvalue weighted by atomic mass is 10.3. The normalized spacial score (nSPS) is 11.1. The van der Waals surface area contributed by atoms with Gasteiger partial charge in [0.25, 0.3) is 0 Å². The van der Waals surface area contributed by atoms with E-state index < -0.39 is 16.2 Å². The van der Waals surface area contributed by atoms with Crippen LogP contribution in [0, 0.1) is 10.1 Å². The van der Waals surface area contributed by atoms with E-state index in [1.807, 2.05) is 0 Å². The molecule has 0 amide bonds. The fourth-order valence-corrected chi connectivity index (χ4v) is 1.78. The molecule has 17 heavy (non-hydrogen) atoms. The number of hydrogen-bond acceptors (Lipinski definition) is 4. The van der Waals surface area contributed by atoms with E-state index in [9.17, 15) is 14.9 Å². The molecular weight excluding hydrogens is 224 g/mol. The zero-order valence-corrected chi connectivity index (χ0v) is 8.45. The van der Waals surface area contributed by atoms with Crippen LogP contribution in [-0.2, 0) is 0 Å². The zero-order chi connectivity index (χ0) is 12.0. The quantitative estimate of drug-likeness (QED) is 0.500. The lowest BCUT2D eigenvalue weighted by Crippen LogP contribution is -2.17. The summed E-state index contributed by atoms with van der Waals surface area (Å²) in [6, 6.07) is 7.03. The average Bonchev–Trinajstić information content (AvgIpc) is 2.67. The third-order valence-electron chi connectivity index (χ3n) is 2.53. The van der Waals surface area contributed by atoms with E-state index >= 15 is 0 Å². The predicted octanol–water partition coefficient (Wildman–Crippen LogP) is 1.08. The van der Waals surface area contributed by atoms with Crippen molar-refractivity contribution in [3.8, 4) is 0 Å². The molecule has 0 atom stereocenters. The van der Waals surface area contributed by atoms with Gasteiger partial charge in [-0.1, -0.05) is 12.1 Å². The molecule has 1 aromatic carbocycles. The molecule has 0 unspecified atom stereocenters. The first-order chi connectivity index (χ1) is 8.18. The lowest BCUT2D eigenvalue weighted by Gasteiger charge is -1.93. The number of H-pyrrole nitrogens is 1. The molecular formula is C10H6N4O3. The standard InChI is InChI=1S/C10H6N4O3/c15-9-8(14(16)17)5-11-10-12-6-3-1-2-4-7(6)13(9)10/h1-5H,(H,11,12). The van der Waals surface area contributed by atoms with Gasteiger partial charge < -0.3 is 4.98 Å². The van der Waals surface area contributed by atoms with Crippen LogP contribution in [0.4, 0.5) is 5.69 Å². The van der Waals surface area contributed by atoms with Crippen molar-refractivity contribution in [3.63, 3.8) is 0 Å². The molecule has 0 saturated carbocycles. The van der Waals surface area contributed by atoms with Crippen molar-refractivity contribution in [2.24, 2.45) is 0 Å². The third-order valence-corrected chi connectivity index (χ3v) is 2.53. The minimum atomic E-state index is -0.733. The molecule has 3 rings (SSSR count). The number of nitrogens with zero attached hydrogens (tertiary/aromatic N) is 3. The second-order valence-electron chi connectivity index (χ2n) is 3.51. The van der Waals surface area contributed by atoms with E-state index in [4.69, 9.17) is 0 Å². The van der Waals surface area contributed by atoms with Crippen LogP contribution in [0.2, 0.25) is 0 Å². The Balaban J connectivity index is 2.57. The predicted molar refractivity (Wildman–Crippen MR) is 60.0 cm³/mol. The summed E-state index contributed by atoms with van der Waals surface area (Å²) >= 11 is 0. The molecule has 7 nitrogen and oxygen atoms in total. The highest BCUT2D eigenvalue weighted by Crippen LogP contribution is 2.14. The van der Waals surface area contributed by atoms with Crippen molar-refractivity contribution in [1.29, 1.82) is 0 Å². The number of nitro groups is 1. The number of para-hydroxylation sites is 2. The van der Waals surface area contributed by atoms with E-state index in [1.54, 1.807) is 24.3 Å². The lowest BCUT2D eigenvalue weighted by molar-refractivity contribution is -0.386. The number of hydrogen-bond donors (Lipinski definition) is 1. The number of rotatable bonds is 1. The molecule has 0 aliphatic heterocycles. The van der Waals surface area contributed by atoms with Gasteiger partial charge in [-0.15, -0.1) is 0 Å². The molecule has 0 aliphatic rings. The Morgan fingerprint density at radius 2 is 2.12 bits per heavy atom. The molecule has 0 radical (unpaired) electrons. The number of aromatic amines is 1. The maximum atomic E-state index is 11.9. The molecule has 0 saturated heterocycles. The van der Waals surface area contributed by atoms with Crippen molar-refractivity contribution in [2.75, 3.05) is 0 Å². The molecule has 0 aliphatic carbocycles. The number of imidazole rings is 1. The van der Waals surface area contributed by atoms with Crippen LogP contribution in [0.25, 0.3) is 16.8 Å². The fraction of sp³-hybridized carbons (Fsp3) is 0. The first kappa shape index (κ1) is 9.52. The highest BCUT2D eigenvalue weighted by atomic mass is 16.6. The maximum absolute atomic E-state index is 11.9. The van der Waals surface area contributed by atoms with E-state index in [2.05, 4.69) is 9.97 Å². The summed E-state index contributed by atoms with van der Waals surface area (Å²) in [7, 11) is 0. The van der Waals surface area contributed by atoms with E-state index in [1.165, 1.54) is 4.40 Å². The summed E-state index contributed by atoms with van der Waals surface area (Å²) in [5.74, 6) is 0.293. The van der Waals surface area contributed by atoms with Gasteiger partial charge in [-0.3, -0.25) is 14.9 Å². The van der Waals surface area contributed by atoms with Gasteiger partial charge in [0.2, 0.25) is 5.78 Å². The number of benzene rings is 1.